The molecule has 1 fully saturated rings. The van der Waals surface area contributed by atoms with E-state index in [0.29, 0.717) is 11.8 Å². The first-order chi connectivity index (χ1) is 7.18. The summed E-state index contributed by atoms with van der Waals surface area (Å²) < 4.78 is 0. The fourth-order valence-corrected chi connectivity index (χ4v) is 3.27. The minimum absolute atomic E-state index is 0.619. The summed E-state index contributed by atoms with van der Waals surface area (Å²) in [6.45, 7) is 8.95. The van der Waals surface area contributed by atoms with Gasteiger partial charge in [-0.05, 0) is 32.2 Å². The topological polar surface area (TPSA) is 24.9 Å². The monoisotopic (exact) mass is 224 g/mol. The fourth-order valence-electron chi connectivity index (χ4n) is 2.25. The predicted octanol–water partition coefficient (Wildman–Crippen LogP) is 3.04. The molecule has 1 saturated heterocycles. The van der Waals surface area contributed by atoms with Crippen LogP contribution in [0.25, 0.3) is 0 Å². The first kappa shape index (κ1) is 11.1. The van der Waals surface area contributed by atoms with Crippen molar-refractivity contribution in [1.29, 1.82) is 0 Å². The second-order valence-corrected chi connectivity index (χ2v) is 5.92. The van der Waals surface area contributed by atoms with Crippen LogP contribution >= 0.6 is 11.3 Å². The summed E-state index contributed by atoms with van der Waals surface area (Å²) in [6, 6.07) is 0. The lowest BCUT2D eigenvalue weighted by molar-refractivity contribution is 0.452. The van der Waals surface area contributed by atoms with Crippen LogP contribution in [0.2, 0.25) is 0 Å². The molecular weight excluding hydrogens is 204 g/mol. The van der Waals surface area contributed by atoms with Gasteiger partial charge >= 0.3 is 0 Å². The van der Waals surface area contributed by atoms with Crippen LogP contribution in [0.15, 0.2) is 0 Å². The Labute approximate surface area is 96.1 Å². The molecule has 0 radical (unpaired) electrons. The highest BCUT2D eigenvalue weighted by atomic mass is 32.1. The average molecular weight is 224 g/mol. The van der Waals surface area contributed by atoms with Crippen molar-refractivity contribution < 1.29 is 0 Å². The lowest BCUT2D eigenvalue weighted by atomic mass is 9.93. The molecule has 0 saturated carbocycles. The van der Waals surface area contributed by atoms with E-state index in [1.165, 1.54) is 35.0 Å². The molecule has 84 valence electrons. The number of nitrogens with one attached hydrogen (secondary N) is 1. The van der Waals surface area contributed by atoms with E-state index in [0.717, 1.165) is 6.54 Å². The number of hydrogen-bond donors (Lipinski definition) is 1. The van der Waals surface area contributed by atoms with Crippen molar-refractivity contribution in [2.75, 3.05) is 13.1 Å². The molecule has 0 aliphatic carbocycles. The third-order valence-corrected chi connectivity index (χ3v) is 4.28. The van der Waals surface area contributed by atoms with E-state index >= 15 is 0 Å². The maximum atomic E-state index is 4.73. The summed E-state index contributed by atoms with van der Waals surface area (Å²) in [5.41, 5.74) is 1.37. The molecule has 0 amide bonds. The highest BCUT2D eigenvalue weighted by Gasteiger charge is 2.22. The Morgan fingerprint density at radius 3 is 2.87 bits per heavy atom. The molecule has 1 aliphatic rings. The van der Waals surface area contributed by atoms with E-state index in [2.05, 4.69) is 26.1 Å². The molecule has 1 aliphatic heterocycles. The van der Waals surface area contributed by atoms with Gasteiger partial charge in [-0.1, -0.05) is 13.8 Å². The van der Waals surface area contributed by atoms with Gasteiger partial charge in [0.15, 0.2) is 0 Å². The van der Waals surface area contributed by atoms with Crippen LogP contribution in [-0.4, -0.2) is 18.1 Å². The maximum absolute atomic E-state index is 4.73. The molecule has 2 nitrogen and oxygen atoms in total. The summed E-state index contributed by atoms with van der Waals surface area (Å²) in [5.74, 6) is 1.27. The van der Waals surface area contributed by atoms with Crippen molar-refractivity contribution in [1.82, 2.24) is 10.3 Å². The Bertz CT molecular complexity index is 324. The van der Waals surface area contributed by atoms with Crippen LogP contribution in [-0.2, 0) is 0 Å². The zero-order valence-corrected chi connectivity index (χ0v) is 10.7. The Morgan fingerprint density at radius 2 is 2.27 bits per heavy atom. The summed E-state index contributed by atoms with van der Waals surface area (Å²) in [5, 5.41) is 4.69. The lowest BCUT2D eigenvalue weighted by Gasteiger charge is -2.22. The van der Waals surface area contributed by atoms with Crippen molar-refractivity contribution in [2.45, 2.75) is 45.4 Å². The molecule has 1 N–H and O–H groups in total. The van der Waals surface area contributed by atoms with Gasteiger partial charge in [0, 0.05) is 17.3 Å². The third kappa shape index (κ3) is 2.40. The van der Waals surface area contributed by atoms with E-state index in [1.807, 2.05) is 11.3 Å². The molecule has 3 heteroatoms. The SMILES string of the molecule is Cc1nc(C2CCCNC2)c(C(C)C)s1. The molecule has 15 heavy (non-hydrogen) atoms. The number of rotatable bonds is 2. The van der Waals surface area contributed by atoms with Crippen molar-refractivity contribution in [3.05, 3.63) is 15.6 Å². The van der Waals surface area contributed by atoms with Gasteiger partial charge in [-0.3, -0.25) is 0 Å². The second-order valence-electron chi connectivity index (χ2n) is 4.68. The van der Waals surface area contributed by atoms with E-state index in [9.17, 15) is 0 Å². The lowest BCUT2D eigenvalue weighted by Crippen LogP contribution is -2.29. The average Bonchev–Trinajstić information content (AvgIpc) is 2.62. The molecule has 0 spiro atoms. The Hall–Kier alpha value is -0.410. The molecule has 0 aromatic carbocycles. The summed E-state index contributed by atoms with van der Waals surface area (Å²) in [6.07, 6.45) is 2.59. The van der Waals surface area contributed by atoms with E-state index in [4.69, 9.17) is 4.98 Å². The second kappa shape index (κ2) is 4.62. The largest absolute Gasteiger partial charge is 0.316 e. The van der Waals surface area contributed by atoms with Crippen LogP contribution in [0.1, 0.15) is 54.1 Å². The summed E-state index contributed by atoms with van der Waals surface area (Å²) in [7, 11) is 0. The molecule has 1 unspecified atom stereocenters. The zero-order chi connectivity index (χ0) is 10.8. The van der Waals surface area contributed by atoms with E-state index < -0.39 is 0 Å². The number of aromatic nitrogens is 1. The minimum atomic E-state index is 0.619. The first-order valence-electron chi connectivity index (χ1n) is 5.86. The number of aryl methyl sites for hydroxylation is 1. The van der Waals surface area contributed by atoms with Crippen LogP contribution in [0, 0.1) is 6.92 Å². The summed E-state index contributed by atoms with van der Waals surface area (Å²) in [4.78, 5) is 6.24. The quantitative estimate of drug-likeness (QED) is 0.835. The Morgan fingerprint density at radius 1 is 1.47 bits per heavy atom. The first-order valence-corrected chi connectivity index (χ1v) is 6.68. The predicted molar refractivity (Wildman–Crippen MR) is 65.8 cm³/mol. The molecular formula is C12H20N2S. The molecule has 1 aromatic rings. The van der Waals surface area contributed by atoms with Gasteiger partial charge in [-0.15, -0.1) is 11.3 Å². The van der Waals surface area contributed by atoms with Crippen LogP contribution in [0.3, 0.4) is 0 Å². The number of thiazole rings is 1. The summed E-state index contributed by atoms with van der Waals surface area (Å²) >= 11 is 1.88. The third-order valence-electron chi connectivity index (χ3n) is 3.00. The van der Waals surface area contributed by atoms with Crippen LogP contribution < -0.4 is 5.32 Å². The number of hydrogen-bond acceptors (Lipinski definition) is 3. The van der Waals surface area contributed by atoms with Gasteiger partial charge in [0.2, 0.25) is 0 Å². The Kier molecular flexibility index (Phi) is 3.42. The van der Waals surface area contributed by atoms with Crippen molar-refractivity contribution >= 4 is 11.3 Å². The maximum Gasteiger partial charge on any atom is 0.0900 e. The van der Waals surface area contributed by atoms with Gasteiger partial charge < -0.3 is 5.32 Å². The van der Waals surface area contributed by atoms with E-state index in [-0.39, 0.29) is 0 Å². The van der Waals surface area contributed by atoms with Gasteiger partial charge in [-0.2, -0.15) is 0 Å². The highest BCUT2D eigenvalue weighted by molar-refractivity contribution is 7.11. The van der Waals surface area contributed by atoms with Gasteiger partial charge in [0.05, 0.1) is 10.7 Å². The smallest absolute Gasteiger partial charge is 0.0900 e. The zero-order valence-electron chi connectivity index (χ0n) is 9.84. The minimum Gasteiger partial charge on any atom is -0.316 e. The molecule has 0 bridgehead atoms. The van der Waals surface area contributed by atoms with Crippen molar-refractivity contribution in [3.63, 3.8) is 0 Å². The van der Waals surface area contributed by atoms with Gasteiger partial charge in [0.1, 0.15) is 0 Å². The fraction of sp³-hybridized carbons (Fsp3) is 0.750. The normalized spacial score (nSPS) is 22.3. The molecule has 1 atom stereocenters. The Balaban J connectivity index is 2.25. The number of piperidine rings is 1. The van der Waals surface area contributed by atoms with Crippen LogP contribution in [0.4, 0.5) is 0 Å². The van der Waals surface area contributed by atoms with Gasteiger partial charge in [-0.25, -0.2) is 4.98 Å². The number of nitrogens with zero attached hydrogens (tertiary/aromatic N) is 1. The molecule has 2 heterocycles. The highest BCUT2D eigenvalue weighted by Crippen LogP contribution is 2.33. The van der Waals surface area contributed by atoms with Gasteiger partial charge in [0.25, 0.3) is 0 Å². The van der Waals surface area contributed by atoms with Crippen molar-refractivity contribution in [3.8, 4) is 0 Å². The standard InChI is InChI=1S/C12H20N2S/c1-8(2)12-11(14-9(3)15-12)10-5-4-6-13-7-10/h8,10,13H,4-7H2,1-3H3. The molecule has 2 rings (SSSR count). The molecule has 1 aromatic heterocycles. The van der Waals surface area contributed by atoms with Crippen LogP contribution in [0.5, 0.6) is 0 Å². The van der Waals surface area contributed by atoms with Crippen molar-refractivity contribution in [2.24, 2.45) is 0 Å². The van der Waals surface area contributed by atoms with E-state index in [1.54, 1.807) is 0 Å².